The minimum absolute atomic E-state index is 0.199. The third kappa shape index (κ3) is 2.92. The van der Waals surface area contributed by atoms with Crippen LogP contribution in [0.1, 0.15) is 37.8 Å². The van der Waals surface area contributed by atoms with Crippen LogP contribution in [0.25, 0.3) is 0 Å². The van der Waals surface area contributed by atoms with Gasteiger partial charge in [-0.05, 0) is 45.8 Å². The standard InChI is InChI=1S/C30H21N3O3S/c34-27(23-15-8-16-37-23)32-31-17-30-21-13-6-4-11-19(21)24(20-12-5-7-14-22(20)30)25-26(30)29(36)33(28(25)35)18-9-2-1-3-10-18/h1-17,24-26H,(H,32,34)/b31-17-/t24?,25-,26+,30?/m0/s1. The molecule has 3 aliphatic carbocycles. The third-order valence-corrected chi connectivity index (χ3v) is 8.75. The molecule has 0 radical (unpaired) electrons. The lowest BCUT2D eigenvalue weighted by molar-refractivity contribution is -0.122. The van der Waals surface area contributed by atoms with E-state index in [1.807, 2.05) is 78.2 Å². The van der Waals surface area contributed by atoms with Crippen molar-refractivity contribution in [2.45, 2.75) is 11.3 Å². The highest BCUT2D eigenvalue weighted by molar-refractivity contribution is 7.12. The van der Waals surface area contributed by atoms with Crippen LogP contribution >= 0.6 is 11.3 Å². The molecule has 1 aliphatic heterocycles. The largest absolute Gasteiger partial charge is 0.281 e. The van der Waals surface area contributed by atoms with Gasteiger partial charge in [-0.3, -0.25) is 14.4 Å². The Morgan fingerprint density at radius 2 is 1.49 bits per heavy atom. The highest BCUT2D eigenvalue weighted by Crippen LogP contribution is 2.63. The van der Waals surface area contributed by atoms with E-state index in [1.165, 1.54) is 16.2 Å². The quantitative estimate of drug-likeness (QED) is 0.249. The molecule has 180 valence electrons. The Morgan fingerprint density at radius 1 is 0.838 bits per heavy atom. The van der Waals surface area contributed by atoms with Crippen LogP contribution in [0.3, 0.4) is 0 Å². The summed E-state index contributed by atoms with van der Waals surface area (Å²) in [5, 5.41) is 6.27. The van der Waals surface area contributed by atoms with Crippen LogP contribution in [0.15, 0.2) is 101 Å². The summed E-state index contributed by atoms with van der Waals surface area (Å²) in [5.74, 6) is -2.25. The summed E-state index contributed by atoms with van der Waals surface area (Å²) in [6, 6.07) is 28.6. The fourth-order valence-electron chi connectivity index (χ4n) is 6.54. The molecule has 0 unspecified atom stereocenters. The molecule has 4 aliphatic rings. The highest BCUT2D eigenvalue weighted by atomic mass is 32.1. The van der Waals surface area contributed by atoms with Crippen molar-refractivity contribution in [3.05, 3.63) is 124 Å². The van der Waals surface area contributed by atoms with Crippen molar-refractivity contribution in [3.8, 4) is 0 Å². The zero-order valence-electron chi connectivity index (χ0n) is 19.6. The SMILES string of the molecule is O=C(N/N=C\C12c3ccccc3C(c3ccccc31)[C@@H]1C(=O)N(c3ccccc3)C(=O)[C@@H]12)c1cccs1. The van der Waals surface area contributed by atoms with E-state index < -0.39 is 17.3 Å². The second kappa shape index (κ2) is 8.08. The Hall–Kier alpha value is -4.36. The number of anilines is 1. The number of rotatable bonds is 4. The number of carbonyl (C=O) groups excluding carboxylic acids is 3. The van der Waals surface area contributed by atoms with Crippen LogP contribution in [0.4, 0.5) is 5.69 Å². The summed E-state index contributed by atoms with van der Waals surface area (Å²) in [4.78, 5) is 42.8. The van der Waals surface area contributed by atoms with Crippen molar-refractivity contribution < 1.29 is 14.4 Å². The molecule has 2 heterocycles. The first-order valence-electron chi connectivity index (χ1n) is 12.1. The molecular formula is C30H21N3O3S. The van der Waals surface area contributed by atoms with E-state index in [9.17, 15) is 14.4 Å². The second-order valence-electron chi connectivity index (χ2n) is 9.55. The van der Waals surface area contributed by atoms with Gasteiger partial charge in [-0.1, -0.05) is 72.8 Å². The molecule has 6 nitrogen and oxygen atoms in total. The maximum atomic E-state index is 14.2. The Kier molecular flexibility index (Phi) is 4.78. The highest BCUT2D eigenvalue weighted by Gasteiger charge is 2.68. The fourth-order valence-corrected chi connectivity index (χ4v) is 7.15. The molecule has 2 atom stereocenters. The van der Waals surface area contributed by atoms with Crippen LogP contribution in [-0.4, -0.2) is 23.9 Å². The third-order valence-electron chi connectivity index (χ3n) is 7.88. The van der Waals surface area contributed by atoms with Crippen molar-refractivity contribution >= 4 is 41.0 Å². The normalized spacial score (nSPS) is 25.2. The maximum Gasteiger partial charge on any atom is 0.281 e. The Labute approximate surface area is 217 Å². The Balaban J connectivity index is 1.44. The molecule has 3 aromatic carbocycles. The van der Waals surface area contributed by atoms with Gasteiger partial charge >= 0.3 is 0 Å². The number of carbonyl (C=O) groups is 3. The summed E-state index contributed by atoms with van der Waals surface area (Å²) in [6.45, 7) is 0. The van der Waals surface area contributed by atoms with Crippen molar-refractivity contribution in [3.63, 3.8) is 0 Å². The topological polar surface area (TPSA) is 78.8 Å². The smallest absolute Gasteiger partial charge is 0.274 e. The maximum absolute atomic E-state index is 14.2. The van der Waals surface area contributed by atoms with Gasteiger partial charge in [0.25, 0.3) is 5.91 Å². The Morgan fingerprint density at radius 3 is 2.14 bits per heavy atom. The molecule has 1 N–H and O–H groups in total. The number of hydrogen-bond donors (Lipinski definition) is 1. The molecule has 1 saturated heterocycles. The molecule has 0 spiro atoms. The number of thiophene rings is 1. The van der Waals surface area contributed by atoms with Gasteiger partial charge in [-0.25, -0.2) is 10.3 Å². The van der Waals surface area contributed by atoms with Gasteiger partial charge in [0.05, 0.1) is 27.8 Å². The number of hydrazone groups is 1. The van der Waals surface area contributed by atoms with E-state index >= 15 is 0 Å². The second-order valence-corrected chi connectivity index (χ2v) is 10.5. The van der Waals surface area contributed by atoms with Crippen molar-refractivity contribution in [2.75, 3.05) is 4.90 Å². The van der Waals surface area contributed by atoms with Gasteiger partial charge in [0, 0.05) is 12.1 Å². The van der Waals surface area contributed by atoms with Gasteiger partial charge in [-0.2, -0.15) is 5.10 Å². The monoisotopic (exact) mass is 503 g/mol. The van der Waals surface area contributed by atoms with E-state index in [0.29, 0.717) is 10.6 Å². The minimum Gasteiger partial charge on any atom is -0.274 e. The number of benzene rings is 3. The molecule has 37 heavy (non-hydrogen) atoms. The molecular weight excluding hydrogens is 482 g/mol. The van der Waals surface area contributed by atoms with Crippen LogP contribution in [-0.2, 0) is 15.0 Å². The van der Waals surface area contributed by atoms with E-state index in [1.54, 1.807) is 24.4 Å². The summed E-state index contributed by atoms with van der Waals surface area (Å²) in [7, 11) is 0. The van der Waals surface area contributed by atoms with E-state index in [-0.39, 0.29) is 23.6 Å². The van der Waals surface area contributed by atoms with E-state index in [2.05, 4.69) is 10.5 Å². The van der Waals surface area contributed by atoms with E-state index in [0.717, 1.165) is 22.3 Å². The molecule has 8 rings (SSSR count). The fraction of sp³-hybridized carbons (Fsp3) is 0.133. The lowest BCUT2D eigenvalue weighted by Crippen LogP contribution is -2.54. The summed E-state index contributed by atoms with van der Waals surface area (Å²) < 4.78 is 0. The first-order chi connectivity index (χ1) is 18.1. The van der Waals surface area contributed by atoms with Gasteiger partial charge in [0.1, 0.15) is 0 Å². The molecule has 3 amide bonds. The van der Waals surface area contributed by atoms with Crippen molar-refractivity contribution in [1.29, 1.82) is 0 Å². The number of hydrogen-bond acceptors (Lipinski definition) is 5. The average Bonchev–Trinajstić information content (AvgIpc) is 3.57. The van der Waals surface area contributed by atoms with Crippen LogP contribution < -0.4 is 10.3 Å². The number of amides is 3. The first-order valence-corrected chi connectivity index (χ1v) is 13.0. The average molecular weight is 504 g/mol. The van der Waals surface area contributed by atoms with Gasteiger partial charge in [0.15, 0.2) is 0 Å². The molecule has 2 bridgehead atoms. The first kappa shape index (κ1) is 21.9. The van der Waals surface area contributed by atoms with Crippen LogP contribution in [0.5, 0.6) is 0 Å². The lowest BCUT2D eigenvalue weighted by Gasteiger charge is -2.52. The zero-order valence-corrected chi connectivity index (χ0v) is 20.4. The minimum atomic E-state index is -1.01. The number of imide groups is 1. The predicted molar refractivity (Wildman–Crippen MR) is 142 cm³/mol. The molecule has 7 heteroatoms. The molecule has 1 fully saturated rings. The van der Waals surface area contributed by atoms with Gasteiger partial charge in [0.2, 0.25) is 11.8 Å². The summed E-state index contributed by atoms with van der Waals surface area (Å²) in [5.41, 5.74) is 6.15. The van der Waals surface area contributed by atoms with Crippen molar-refractivity contribution in [2.24, 2.45) is 16.9 Å². The van der Waals surface area contributed by atoms with Crippen molar-refractivity contribution in [1.82, 2.24) is 5.43 Å². The predicted octanol–water partition coefficient (Wildman–Crippen LogP) is 4.71. The molecule has 4 aromatic rings. The summed E-state index contributed by atoms with van der Waals surface area (Å²) in [6.07, 6.45) is 1.68. The number of nitrogens with one attached hydrogen (secondary N) is 1. The van der Waals surface area contributed by atoms with Gasteiger partial charge < -0.3 is 0 Å². The van der Waals surface area contributed by atoms with Gasteiger partial charge in [-0.15, -0.1) is 11.3 Å². The summed E-state index contributed by atoms with van der Waals surface area (Å²) >= 11 is 1.33. The van der Waals surface area contributed by atoms with E-state index in [4.69, 9.17) is 0 Å². The Bertz CT molecular complexity index is 1550. The number of para-hydroxylation sites is 1. The van der Waals surface area contributed by atoms with Crippen LogP contribution in [0.2, 0.25) is 0 Å². The number of nitrogens with zero attached hydrogens (tertiary/aromatic N) is 2. The molecule has 1 aromatic heterocycles. The molecule has 0 saturated carbocycles. The zero-order chi connectivity index (χ0) is 25.1. The van der Waals surface area contributed by atoms with Crippen LogP contribution in [0, 0.1) is 11.8 Å². The lowest BCUT2D eigenvalue weighted by atomic mass is 9.47.